The number of benzene rings is 2. The highest BCUT2D eigenvalue weighted by Crippen LogP contribution is 2.44. The Kier molecular flexibility index (Phi) is 3.98. The van der Waals surface area contributed by atoms with Crippen LogP contribution in [0.2, 0.25) is 0 Å². The lowest BCUT2D eigenvalue weighted by Gasteiger charge is -2.24. The number of aliphatic hydroxyl groups excluding tert-OH is 1. The highest BCUT2D eigenvalue weighted by Gasteiger charge is 2.27. The topological polar surface area (TPSA) is 23.5 Å². The third kappa shape index (κ3) is 2.44. The van der Waals surface area contributed by atoms with E-state index in [1.165, 1.54) is 16.8 Å². The van der Waals surface area contributed by atoms with Crippen LogP contribution in [-0.2, 0) is 0 Å². The van der Waals surface area contributed by atoms with Crippen molar-refractivity contribution in [2.75, 3.05) is 18.0 Å². The second kappa shape index (κ2) is 5.90. The minimum absolute atomic E-state index is 0.485. The van der Waals surface area contributed by atoms with Crippen molar-refractivity contribution < 1.29 is 5.11 Å². The van der Waals surface area contributed by atoms with Crippen LogP contribution in [0.25, 0.3) is 11.1 Å². The van der Waals surface area contributed by atoms with Crippen LogP contribution in [0.5, 0.6) is 0 Å². The van der Waals surface area contributed by atoms with Crippen LogP contribution >= 0.6 is 0 Å². The quantitative estimate of drug-likeness (QED) is 0.879. The molecule has 0 heterocycles. The summed E-state index contributed by atoms with van der Waals surface area (Å²) in [6.45, 7) is 6.55. The fraction of sp³-hybridized carbons (Fsp3) is 0.368. The van der Waals surface area contributed by atoms with Gasteiger partial charge in [-0.15, -0.1) is 0 Å². The van der Waals surface area contributed by atoms with Crippen LogP contribution in [0.4, 0.5) is 5.69 Å². The molecule has 0 aromatic heterocycles. The highest BCUT2D eigenvalue weighted by molar-refractivity contribution is 5.80. The molecule has 1 atom stereocenters. The smallest absolute Gasteiger partial charge is 0.105 e. The molecular weight excluding hydrogens is 258 g/mol. The van der Waals surface area contributed by atoms with Crippen molar-refractivity contribution in [3.63, 3.8) is 0 Å². The van der Waals surface area contributed by atoms with E-state index in [-0.39, 0.29) is 0 Å². The fourth-order valence-electron chi connectivity index (χ4n) is 3.28. The SMILES string of the molecule is CCCN(CCC)c1ccc2c(c1)C(O)c1ccccc1-2. The van der Waals surface area contributed by atoms with Gasteiger partial charge in [0.1, 0.15) is 6.10 Å². The van der Waals surface area contributed by atoms with Gasteiger partial charge >= 0.3 is 0 Å². The number of nitrogens with zero attached hydrogens (tertiary/aromatic N) is 1. The molecule has 0 radical (unpaired) electrons. The van der Waals surface area contributed by atoms with E-state index in [2.05, 4.69) is 43.0 Å². The second-order valence-corrected chi connectivity index (χ2v) is 5.75. The fourth-order valence-corrected chi connectivity index (χ4v) is 3.28. The lowest BCUT2D eigenvalue weighted by atomic mass is 10.0. The van der Waals surface area contributed by atoms with Crippen LogP contribution in [0, 0.1) is 0 Å². The summed E-state index contributed by atoms with van der Waals surface area (Å²) in [5.74, 6) is 0. The summed E-state index contributed by atoms with van der Waals surface area (Å²) in [6, 6.07) is 14.7. The molecule has 1 unspecified atom stereocenters. The number of rotatable bonds is 5. The molecule has 21 heavy (non-hydrogen) atoms. The first-order chi connectivity index (χ1) is 10.3. The molecule has 0 saturated carbocycles. The predicted octanol–water partition coefficient (Wildman–Crippen LogP) is 4.38. The maximum atomic E-state index is 10.6. The Hall–Kier alpha value is -1.80. The van der Waals surface area contributed by atoms with Gasteiger partial charge in [0.2, 0.25) is 0 Å². The molecule has 2 nitrogen and oxygen atoms in total. The Morgan fingerprint density at radius 3 is 2.29 bits per heavy atom. The van der Waals surface area contributed by atoms with Crippen LogP contribution in [-0.4, -0.2) is 18.2 Å². The van der Waals surface area contributed by atoms with E-state index in [1.54, 1.807) is 0 Å². The van der Waals surface area contributed by atoms with E-state index in [9.17, 15) is 5.11 Å². The van der Waals surface area contributed by atoms with Gasteiger partial charge < -0.3 is 10.0 Å². The third-order valence-corrected chi connectivity index (χ3v) is 4.23. The summed E-state index contributed by atoms with van der Waals surface area (Å²) in [6.07, 6.45) is 1.79. The van der Waals surface area contributed by atoms with Crippen molar-refractivity contribution in [1.82, 2.24) is 0 Å². The molecule has 0 fully saturated rings. The normalized spacial score (nSPS) is 15.7. The molecule has 110 valence electrons. The van der Waals surface area contributed by atoms with Gasteiger partial charge in [0.05, 0.1) is 0 Å². The average Bonchev–Trinajstić information content (AvgIpc) is 2.80. The lowest BCUT2D eigenvalue weighted by molar-refractivity contribution is 0.225. The molecule has 0 spiro atoms. The van der Waals surface area contributed by atoms with Gasteiger partial charge in [0.25, 0.3) is 0 Å². The third-order valence-electron chi connectivity index (χ3n) is 4.23. The molecule has 2 aromatic carbocycles. The Bertz CT molecular complexity index is 629. The van der Waals surface area contributed by atoms with E-state index in [4.69, 9.17) is 0 Å². The Balaban J connectivity index is 2.00. The zero-order valence-corrected chi connectivity index (χ0v) is 12.8. The van der Waals surface area contributed by atoms with Gasteiger partial charge in [0, 0.05) is 18.8 Å². The average molecular weight is 281 g/mol. The largest absolute Gasteiger partial charge is 0.384 e. The molecular formula is C19H23NO. The van der Waals surface area contributed by atoms with Gasteiger partial charge in [0.15, 0.2) is 0 Å². The molecule has 0 amide bonds. The monoisotopic (exact) mass is 281 g/mol. The summed E-state index contributed by atoms with van der Waals surface area (Å²) in [5.41, 5.74) is 5.65. The zero-order valence-electron chi connectivity index (χ0n) is 12.8. The molecule has 2 aromatic rings. The molecule has 1 aliphatic carbocycles. The molecule has 0 saturated heterocycles. The number of hydrogen-bond acceptors (Lipinski definition) is 2. The number of aliphatic hydroxyl groups is 1. The summed E-state index contributed by atoms with van der Waals surface area (Å²) >= 11 is 0. The summed E-state index contributed by atoms with van der Waals surface area (Å²) < 4.78 is 0. The number of hydrogen-bond donors (Lipinski definition) is 1. The van der Waals surface area contributed by atoms with Crippen molar-refractivity contribution >= 4 is 5.69 Å². The van der Waals surface area contributed by atoms with Crippen molar-refractivity contribution in [2.24, 2.45) is 0 Å². The molecule has 1 N–H and O–H groups in total. The second-order valence-electron chi connectivity index (χ2n) is 5.75. The van der Waals surface area contributed by atoms with Crippen molar-refractivity contribution in [1.29, 1.82) is 0 Å². The zero-order chi connectivity index (χ0) is 14.8. The molecule has 0 aliphatic heterocycles. The maximum Gasteiger partial charge on any atom is 0.105 e. The minimum atomic E-state index is -0.485. The molecule has 1 aliphatic rings. The van der Waals surface area contributed by atoms with Gasteiger partial charge in [-0.05, 0) is 47.2 Å². The van der Waals surface area contributed by atoms with Gasteiger partial charge in [-0.2, -0.15) is 0 Å². The maximum absolute atomic E-state index is 10.6. The van der Waals surface area contributed by atoms with Crippen LogP contribution in [0.15, 0.2) is 42.5 Å². The summed E-state index contributed by atoms with van der Waals surface area (Å²) in [4.78, 5) is 2.41. The molecule has 3 rings (SSSR count). The van der Waals surface area contributed by atoms with Crippen molar-refractivity contribution in [2.45, 2.75) is 32.8 Å². The van der Waals surface area contributed by atoms with E-state index in [0.717, 1.165) is 37.1 Å². The lowest BCUT2D eigenvalue weighted by Crippen LogP contribution is -2.24. The van der Waals surface area contributed by atoms with Crippen molar-refractivity contribution in [3.05, 3.63) is 53.6 Å². The first kappa shape index (κ1) is 14.2. The van der Waals surface area contributed by atoms with Crippen molar-refractivity contribution in [3.8, 4) is 11.1 Å². The first-order valence-electron chi connectivity index (χ1n) is 7.92. The van der Waals surface area contributed by atoms with Crippen LogP contribution < -0.4 is 4.90 Å². The Morgan fingerprint density at radius 1 is 0.905 bits per heavy atom. The highest BCUT2D eigenvalue weighted by atomic mass is 16.3. The minimum Gasteiger partial charge on any atom is -0.384 e. The summed E-state index contributed by atoms with van der Waals surface area (Å²) in [7, 11) is 0. The van der Waals surface area contributed by atoms with Crippen LogP contribution in [0.3, 0.4) is 0 Å². The Morgan fingerprint density at radius 2 is 1.57 bits per heavy atom. The van der Waals surface area contributed by atoms with Gasteiger partial charge in [-0.1, -0.05) is 44.2 Å². The first-order valence-corrected chi connectivity index (χ1v) is 7.92. The molecule has 2 heteroatoms. The molecule has 0 bridgehead atoms. The van der Waals surface area contributed by atoms with E-state index >= 15 is 0 Å². The van der Waals surface area contributed by atoms with E-state index in [1.807, 2.05) is 18.2 Å². The standard InChI is InChI=1S/C19H23NO/c1-3-11-20(12-4-2)14-9-10-16-15-7-5-6-8-17(15)19(21)18(16)13-14/h5-10,13,19,21H,3-4,11-12H2,1-2H3. The van der Waals surface area contributed by atoms with E-state index in [0.29, 0.717) is 0 Å². The number of fused-ring (bicyclic) bond motifs is 3. The van der Waals surface area contributed by atoms with Crippen LogP contribution in [0.1, 0.15) is 43.9 Å². The Labute approximate surface area is 127 Å². The van der Waals surface area contributed by atoms with Gasteiger partial charge in [-0.3, -0.25) is 0 Å². The van der Waals surface area contributed by atoms with Gasteiger partial charge in [-0.25, -0.2) is 0 Å². The predicted molar refractivity (Wildman–Crippen MR) is 88.7 cm³/mol. The summed E-state index contributed by atoms with van der Waals surface area (Å²) in [5, 5.41) is 10.6. The number of anilines is 1. The van der Waals surface area contributed by atoms with E-state index < -0.39 is 6.10 Å².